The van der Waals surface area contributed by atoms with Gasteiger partial charge in [-0.2, -0.15) is 0 Å². The van der Waals surface area contributed by atoms with E-state index >= 15 is 0 Å². The number of anilines is 2. The van der Waals surface area contributed by atoms with E-state index in [-0.39, 0.29) is 23.2 Å². The van der Waals surface area contributed by atoms with Crippen LogP contribution >= 0.6 is 0 Å². The first-order valence-electron chi connectivity index (χ1n) is 5.78. The van der Waals surface area contributed by atoms with E-state index < -0.39 is 5.91 Å². The average Bonchev–Trinajstić information content (AvgIpc) is 2.40. The lowest BCUT2D eigenvalue weighted by Crippen LogP contribution is -2.19. The summed E-state index contributed by atoms with van der Waals surface area (Å²) in [6.07, 6.45) is 4.50. The molecule has 19 heavy (non-hydrogen) atoms. The van der Waals surface area contributed by atoms with Crippen molar-refractivity contribution in [3.8, 4) is 0 Å². The third-order valence-electron chi connectivity index (χ3n) is 2.36. The van der Waals surface area contributed by atoms with Gasteiger partial charge in [0.05, 0.1) is 11.9 Å². The molecule has 2 rings (SSSR count). The maximum absolute atomic E-state index is 12.0. The molecule has 0 unspecified atom stereocenters. The predicted octanol–water partition coefficient (Wildman–Crippen LogP) is 1.22. The van der Waals surface area contributed by atoms with Crippen LogP contribution in [0.15, 0.2) is 24.7 Å². The summed E-state index contributed by atoms with van der Waals surface area (Å²) in [7, 11) is 0. The molecule has 0 saturated heterocycles. The van der Waals surface area contributed by atoms with Gasteiger partial charge in [0.2, 0.25) is 5.95 Å². The van der Waals surface area contributed by atoms with E-state index in [1.54, 1.807) is 6.07 Å². The molecular weight excluding hydrogens is 244 g/mol. The van der Waals surface area contributed by atoms with Crippen LogP contribution in [0.5, 0.6) is 0 Å². The quantitative estimate of drug-likeness (QED) is 0.857. The van der Waals surface area contributed by atoms with Crippen LogP contribution in [0.1, 0.15) is 36.1 Å². The molecule has 0 radical (unpaired) electrons. The lowest BCUT2D eigenvalue weighted by atomic mass is 10.2. The van der Waals surface area contributed by atoms with Gasteiger partial charge in [-0.25, -0.2) is 19.9 Å². The van der Waals surface area contributed by atoms with Crippen molar-refractivity contribution in [3.63, 3.8) is 0 Å². The first kappa shape index (κ1) is 12.9. The van der Waals surface area contributed by atoms with Crippen LogP contribution in [0.25, 0.3) is 0 Å². The molecular formula is C12H14N6O. The summed E-state index contributed by atoms with van der Waals surface area (Å²) >= 11 is 0. The zero-order valence-corrected chi connectivity index (χ0v) is 10.7. The first-order chi connectivity index (χ1) is 9.08. The van der Waals surface area contributed by atoms with Crippen molar-refractivity contribution in [2.24, 2.45) is 0 Å². The van der Waals surface area contributed by atoms with Crippen molar-refractivity contribution in [2.75, 3.05) is 11.1 Å². The molecule has 0 aromatic carbocycles. The van der Waals surface area contributed by atoms with E-state index in [1.165, 1.54) is 18.6 Å². The van der Waals surface area contributed by atoms with Crippen molar-refractivity contribution in [1.29, 1.82) is 0 Å². The molecule has 0 saturated carbocycles. The fourth-order valence-corrected chi connectivity index (χ4v) is 1.39. The van der Waals surface area contributed by atoms with Crippen LogP contribution in [0.4, 0.5) is 11.6 Å². The highest BCUT2D eigenvalue weighted by atomic mass is 16.2. The van der Waals surface area contributed by atoms with Gasteiger partial charge in [-0.3, -0.25) is 10.1 Å². The van der Waals surface area contributed by atoms with Crippen LogP contribution in [0.2, 0.25) is 0 Å². The summed E-state index contributed by atoms with van der Waals surface area (Å²) < 4.78 is 0. The Kier molecular flexibility index (Phi) is 3.65. The molecule has 2 aromatic heterocycles. The van der Waals surface area contributed by atoms with Crippen molar-refractivity contribution >= 4 is 17.5 Å². The number of nitrogens with one attached hydrogen (secondary N) is 1. The number of rotatable bonds is 3. The standard InChI is InChI=1S/C12H14N6O/c1-7(2)10-16-6-8(13)9(17-10)11(19)18-12-14-4-3-5-15-12/h3-7H,13H2,1-2H3,(H,14,15,18,19). The van der Waals surface area contributed by atoms with Gasteiger partial charge in [0.25, 0.3) is 5.91 Å². The Morgan fingerprint density at radius 1 is 1.26 bits per heavy atom. The molecule has 0 aliphatic rings. The number of aromatic nitrogens is 4. The molecule has 0 bridgehead atoms. The number of carbonyl (C=O) groups is 1. The van der Waals surface area contributed by atoms with Crippen molar-refractivity contribution in [1.82, 2.24) is 19.9 Å². The smallest absolute Gasteiger partial charge is 0.278 e. The molecule has 0 spiro atoms. The summed E-state index contributed by atoms with van der Waals surface area (Å²) in [6, 6.07) is 1.66. The molecule has 2 aromatic rings. The highest BCUT2D eigenvalue weighted by molar-refractivity contribution is 6.05. The van der Waals surface area contributed by atoms with E-state index in [4.69, 9.17) is 5.73 Å². The van der Waals surface area contributed by atoms with Gasteiger partial charge in [-0.1, -0.05) is 13.8 Å². The van der Waals surface area contributed by atoms with E-state index in [9.17, 15) is 4.79 Å². The normalized spacial score (nSPS) is 10.5. The number of carbonyl (C=O) groups excluding carboxylic acids is 1. The maximum atomic E-state index is 12.0. The highest BCUT2D eigenvalue weighted by Gasteiger charge is 2.15. The van der Waals surface area contributed by atoms with Gasteiger partial charge in [-0.05, 0) is 6.07 Å². The van der Waals surface area contributed by atoms with Crippen LogP contribution in [-0.2, 0) is 0 Å². The van der Waals surface area contributed by atoms with E-state index in [0.717, 1.165) is 0 Å². The lowest BCUT2D eigenvalue weighted by Gasteiger charge is -2.08. The summed E-state index contributed by atoms with van der Waals surface area (Å²) in [5.41, 5.74) is 6.07. The molecule has 7 nitrogen and oxygen atoms in total. The summed E-state index contributed by atoms with van der Waals surface area (Å²) in [5, 5.41) is 2.53. The van der Waals surface area contributed by atoms with Gasteiger partial charge < -0.3 is 5.73 Å². The van der Waals surface area contributed by atoms with Crippen LogP contribution in [-0.4, -0.2) is 25.8 Å². The molecule has 1 amide bonds. The highest BCUT2D eigenvalue weighted by Crippen LogP contribution is 2.14. The molecule has 0 aliphatic heterocycles. The number of amides is 1. The Morgan fingerprint density at radius 2 is 1.95 bits per heavy atom. The molecule has 0 fully saturated rings. The third-order valence-corrected chi connectivity index (χ3v) is 2.36. The van der Waals surface area contributed by atoms with Crippen molar-refractivity contribution < 1.29 is 4.79 Å². The number of nitrogen functional groups attached to an aromatic ring is 1. The van der Waals surface area contributed by atoms with Gasteiger partial charge in [0, 0.05) is 18.3 Å². The zero-order chi connectivity index (χ0) is 13.8. The second kappa shape index (κ2) is 5.38. The van der Waals surface area contributed by atoms with E-state index in [2.05, 4.69) is 25.3 Å². The molecule has 7 heteroatoms. The monoisotopic (exact) mass is 258 g/mol. The second-order valence-electron chi connectivity index (χ2n) is 4.21. The minimum atomic E-state index is -0.451. The SMILES string of the molecule is CC(C)c1ncc(N)c(C(=O)Nc2ncccn2)n1. The summed E-state index contributed by atoms with van der Waals surface area (Å²) in [4.78, 5) is 28.1. The van der Waals surface area contributed by atoms with Gasteiger partial charge in [0.15, 0.2) is 5.69 Å². The van der Waals surface area contributed by atoms with Crippen LogP contribution in [0.3, 0.4) is 0 Å². The Morgan fingerprint density at radius 3 is 2.58 bits per heavy atom. The number of nitrogens with two attached hydrogens (primary N) is 1. The average molecular weight is 258 g/mol. The van der Waals surface area contributed by atoms with E-state index in [0.29, 0.717) is 5.82 Å². The Hall–Kier alpha value is -2.57. The Balaban J connectivity index is 2.26. The third kappa shape index (κ3) is 3.01. The minimum absolute atomic E-state index is 0.111. The predicted molar refractivity (Wildman–Crippen MR) is 70.5 cm³/mol. The number of hydrogen-bond donors (Lipinski definition) is 2. The van der Waals surface area contributed by atoms with Crippen LogP contribution < -0.4 is 11.1 Å². The maximum Gasteiger partial charge on any atom is 0.278 e. The largest absolute Gasteiger partial charge is 0.396 e. The lowest BCUT2D eigenvalue weighted by molar-refractivity contribution is 0.102. The molecule has 0 aliphatic carbocycles. The number of hydrogen-bond acceptors (Lipinski definition) is 6. The van der Waals surface area contributed by atoms with Gasteiger partial charge in [0.1, 0.15) is 5.82 Å². The Bertz CT molecular complexity index is 584. The second-order valence-corrected chi connectivity index (χ2v) is 4.21. The van der Waals surface area contributed by atoms with E-state index in [1.807, 2.05) is 13.8 Å². The molecule has 3 N–H and O–H groups in total. The summed E-state index contributed by atoms with van der Waals surface area (Å²) in [6.45, 7) is 3.88. The van der Waals surface area contributed by atoms with Gasteiger partial charge in [-0.15, -0.1) is 0 Å². The number of nitrogens with zero attached hydrogens (tertiary/aromatic N) is 4. The zero-order valence-electron chi connectivity index (χ0n) is 10.7. The summed E-state index contributed by atoms with van der Waals surface area (Å²) in [5.74, 6) is 0.429. The van der Waals surface area contributed by atoms with Crippen molar-refractivity contribution in [2.45, 2.75) is 19.8 Å². The Labute approximate surface area is 110 Å². The fraction of sp³-hybridized carbons (Fsp3) is 0.250. The minimum Gasteiger partial charge on any atom is -0.396 e. The van der Waals surface area contributed by atoms with Crippen molar-refractivity contribution in [3.05, 3.63) is 36.2 Å². The first-order valence-corrected chi connectivity index (χ1v) is 5.78. The fourth-order valence-electron chi connectivity index (χ4n) is 1.39. The van der Waals surface area contributed by atoms with Gasteiger partial charge >= 0.3 is 0 Å². The topological polar surface area (TPSA) is 107 Å². The molecule has 2 heterocycles. The van der Waals surface area contributed by atoms with Crippen LogP contribution in [0, 0.1) is 0 Å². The molecule has 98 valence electrons. The molecule has 0 atom stereocenters.